The monoisotopic (exact) mass is 469 g/mol. The van der Waals surface area contributed by atoms with Crippen molar-refractivity contribution < 1.29 is 9.90 Å². The van der Waals surface area contributed by atoms with Crippen LogP contribution in [0.2, 0.25) is 0 Å². The van der Waals surface area contributed by atoms with Gasteiger partial charge in [-0.1, -0.05) is 58.1 Å². The highest BCUT2D eigenvalue weighted by atomic mass is 79.9. The van der Waals surface area contributed by atoms with Crippen LogP contribution in [0.25, 0.3) is 6.08 Å². The van der Waals surface area contributed by atoms with E-state index in [1.54, 1.807) is 18.2 Å². The van der Waals surface area contributed by atoms with E-state index in [9.17, 15) is 9.90 Å². The van der Waals surface area contributed by atoms with Gasteiger partial charge >= 0.3 is 0 Å². The number of rotatable bonds is 2. The normalized spacial score (nSPS) is 16.4. The molecule has 0 radical (unpaired) electrons. The molecule has 0 aromatic heterocycles. The molecule has 2 aromatic rings. The molecule has 1 heterocycles. The maximum absolute atomic E-state index is 12.6. The Balaban J connectivity index is 2.00. The van der Waals surface area contributed by atoms with Crippen LogP contribution in [-0.2, 0) is 4.79 Å². The Bertz CT molecular complexity index is 837. The zero-order chi connectivity index (χ0) is 16.6. The van der Waals surface area contributed by atoms with E-state index in [2.05, 4.69) is 31.9 Å². The van der Waals surface area contributed by atoms with E-state index in [1.165, 1.54) is 16.7 Å². The molecule has 1 N–H and O–H groups in total. The van der Waals surface area contributed by atoms with Gasteiger partial charge in [0.05, 0.1) is 15.1 Å². The number of anilines is 1. The average molecular weight is 471 g/mol. The van der Waals surface area contributed by atoms with Gasteiger partial charge < -0.3 is 5.11 Å². The zero-order valence-corrected chi connectivity index (χ0v) is 16.3. The molecule has 0 bridgehead atoms. The van der Waals surface area contributed by atoms with Crippen LogP contribution in [0.3, 0.4) is 0 Å². The van der Waals surface area contributed by atoms with Crippen molar-refractivity contribution in [2.75, 3.05) is 4.90 Å². The summed E-state index contributed by atoms with van der Waals surface area (Å²) in [5, 5.41) is 10.1. The Hall–Kier alpha value is -1.15. The van der Waals surface area contributed by atoms with Gasteiger partial charge in [0, 0.05) is 10.0 Å². The number of aromatic hydroxyl groups is 1. The number of phenolic OH excluding ortho intramolecular Hbond substituents is 1. The molecule has 1 amide bonds. The molecule has 23 heavy (non-hydrogen) atoms. The van der Waals surface area contributed by atoms with Gasteiger partial charge in [0.2, 0.25) is 0 Å². The van der Waals surface area contributed by atoms with Crippen LogP contribution in [0.4, 0.5) is 5.69 Å². The number of carbonyl (C=O) groups excluding carboxylic acids is 1. The van der Waals surface area contributed by atoms with E-state index in [-0.39, 0.29) is 11.7 Å². The molecule has 0 spiro atoms. The van der Waals surface area contributed by atoms with Crippen LogP contribution in [0, 0.1) is 0 Å². The van der Waals surface area contributed by atoms with E-state index in [0.29, 0.717) is 19.3 Å². The number of thiocarbonyl (C=S) groups is 1. The minimum Gasteiger partial charge on any atom is -0.506 e. The van der Waals surface area contributed by atoms with Crippen molar-refractivity contribution in [2.45, 2.75) is 0 Å². The quantitative estimate of drug-likeness (QED) is 0.476. The van der Waals surface area contributed by atoms with Crippen molar-refractivity contribution in [3.63, 3.8) is 0 Å². The molecule has 1 aliphatic heterocycles. The first-order valence-electron chi connectivity index (χ1n) is 6.48. The minimum atomic E-state index is -0.193. The van der Waals surface area contributed by atoms with Crippen molar-refractivity contribution >= 4 is 77.8 Å². The molecule has 0 aliphatic carbocycles. The van der Waals surface area contributed by atoms with Crippen LogP contribution in [0.1, 0.15) is 5.56 Å². The average Bonchev–Trinajstić information content (AvgIpc) is 2.79. The van der Waals surface area contributed by atoms with Gasteiger partial charge in [-0.3, -0.25) is 9.69 Å². The van der Waals surface area contributed by atoms with Crippen LogP contribution in [0.15, 0.2) is 56.3 Å². The van der Waals surface area contributed by atoms with E-state index in [1.807, 2.05) is 30.3 Å². The molecule has 0 atom stereocenters. The largest absolute Gasteiger partial charge is 0.506 e. The summed E-state index contributed by atoms with van der Waals surface area (Å²) in [4.78, 5) is 14.6. The van der Waals surface area contributed by atoms with Gasteiger partial charge in [0.15, 0.2) is 4.32 Å². The van der Waals surface area contributed by atoms with Crippen LogP contribution in [-0.4, -0.2) is 15.3 Å². The summed E-state index contributed by atoms with van der Waals surface area (Å²) in [6.45, 7) is 0. The molecule has 1 saturated heterocycles. The predicted octanol–water partition coefficient (Wildman–Crippen LogP) is 5.32. The molecule has 0 saturated carbocycles. The summed E-state index contributed by atoms with van der Waals surface area (Å²) >= 11 is 13.2. The van der Waals surface area contributed by atoms with E-state index in [0.717, 1.165) is 10.2 Å². The first-order chi connectivity index (χ1) is 11.0. The number of hydrogen-bond donors (Lipinski definition) is 1. The van der Waals surface area contributed by atoms with Crippen LogP contribution >= 0.6 is 55.8 Å². The van der Waals surface area contributed by atoms with Gasteiger partial charge in [-0.25, -0.2) is 0 Å². The third kappa shape index (κ3) is 3.38. The predicted molar refractivity (Wildman–Crippen MR) is 106 cm³/mol. The number of phenols is 1. The lowest BCUT2D eigenvalue weighted by Crippen LogP contribution is -2.27. The lowest BCUT2D eigenvalue weighted by atomic mass is 10.2. The second-order valence-electron chi connectivity index (χ2n) is 4.68. The molecular weight excluding hydrogens is 462 g/mol. The van der Waals surface area contributed by atoms with Crippen molar-refractivity contribution in [2.24, 2.45) is 0 Å². The fraction of sp³-hybridized carbons (Fsp3) is 0. The summed E-state index contributed by atoms with van der Waals surface area (Å²) in [6.07, 6.45) is 1.65. The fourth-order valence-electron chi connectivity index (χ4n) is 2.10. The summed E-state index contributed by atoms with van der Waals surface area (Å²) < 4.78 is 1.82. The van der Waals surface area contributed by atoms with Crippen molar-refractivity contribution in [1.29, 1.82) is 0 Å². The molecule has 0 unspecified atom stereocenters. The van der Waals surface area contributed by atoms with E-state index >= 15 is 0 Å². The van der Waals surface area contributed by atoms with Gasteiger partial charge in [-0.2, -0.15) is 0 Å². The number of thioether (sulfide) groups is 1. The summed E-state index contributed by atoms with van der Waals surface area (Å²) in [5.74, 6) is -0.111. The van der Waals surface area contributed by atoms with Gasteiger partial charge in [-0.05, 0) is 46.3 Å². The van der Waals surface area contributed by atoms with Crippen LogP contribution in [0.5, 0.6) is 5.75 Å². The number of benzene rings is 2. The topological polar surface area (TPSA) is 40.5 Å². The number of hydrogen-bond acceptors (Lipinski definition) is 4. The third-order valence-corrected chi connectivity index (χ3v) is 5.52. The van der Waals surface area contributed by atoms with E-state index in [4.69, 9.17) is 12.2 Å². The minimum absolute atomic E-state index is 0.0816. The lowest BCUT2D eigenvalue weighted by molar-refractivity contribution is -0.113. The molecule has 1 aliphatic rings. The number of amides is 1. The first-order valence-corrected chi connectivity index (χ1v) is 9.29. The Labute approximate surface area is 159 Å². The summed E-state index contributed by atoms with van der Waals surface area (Å²) in [6, 6.07) is 12.7. The standard InChI is InChI=1S/C16H9Br2NO2S2/c17-10-6-9(14(20)12(18)8-10)7-13-15(21)19(16(22)23-13)11-4-2-1-3-5-11/h1-8,20H/b13-7+. The smallest absolute Gasteiger partial charge is 0.270 e. The number of para-hydroxylation sites is 1. The molecule has 116 valence electrons. The van der Waals surface area contributed by atoms with E-state index < -0.39 is 0 Å². The highest BCUT2D eigenvalue weighted by Crippen LogP contribution is 2.39. The van der Waals surface area contributed by atoms with Gasteiger partial charge in [0.1, 0.15) is 5.75 Å². The maximum Gasteiger partial charge on any atom is 0.270 e. The second kappa shape index (κ2) is 6.76. The van der Waals surface area contributed by atoms with Gasteiger partial charge in [0.25, 0.3) is 5.91 Å². The molecule has 1 fully saturated rings. The Morgan fingerprint density at radius 3 is 2.57 bits per heavy atom. The number of carbonyl (C=O) groups is 1. The molecule has 7 heteroatoms. The molecular formula is C16H9Br2NO2S2. The summed E-state index contributed by atoms with van der Waals surface area (Å²) in [5.41, 5.74) is 1.28. The highest BCUT2D eigenvalue weighted by Gasteiger charge is 2.33. The summed E-state index contributed by atoms with van der Waals surface area (Å²) in [7, 11) is 0. The third-order valence-electron chi connectivity index (χ3n) is 3.15. The molecule has 3 rings (SSSR count). The Kier molecular flexibility index (Phi) is 4.91. The fourth-order valence-corrected chi connectivity index (χ4v) is 4.65. The Morgan fingerprint density at radius 1 is 1.17 bits per heavy atom. The SMILES string of the molecule is O=C1/C(=C\c2cc(Br)cc(Br)c2O)SC(=S)N1c1ccccc1. The molecule has 2 aromatic carbocycles. The van der Waals surface area contributed by atoms with Crippen molar-refractivity contribution in [1.82, 2.24) is 0 Å². The molecule has 3 nitrogen and oxygen atoms in total. The zero-order valence-electron chi connectivity index (χ0n) is 11.5. The number of nitrogens with zero attached hydrogens (tertiary/aromatic N) is 1. The first kappa shape index (κ1) is 16.7. The Morgan fingerprint density at radius 2 is 1.87 bits per heavy atom. The highest BCUT2D eigenvalue weighted by molar-refractivity contribution is 9.11. The van der Waals surface area contributed by atoms with Gasteiger partial charge in [-0.15, -0.1) is 0 Å². The maximum atomic E-state index is 12.6. The van der Waals surface area contributed by atoms with Crippen LogP contribution < -0.4 is 4.90 Å². The van der Waals surface area contributed by atoms with Crippen molar-refractivity contribution in [3.8, 4) is 5.75 Å². The number of halogens is 2. The lowest BCUT2D eigenvalue weighted by Gasteiger charge is -2.13. The van der Waals surface area contributed by atoms with Crippen molar-refractivity contribution in [3.05, 3.63) is 61.9 Å². The second-order valence-corrected chi connectivity index (χ2v) is 8.12.